The van der Waals surface area contributed by atoms with Crippen LogP contribution >= 0.6 is 0 Å². The van der Waals surface area contributed by atoms with E-state index in [9.17, 15) is 9.59 Å². The first-order valence-electron chi connectivity index (χ1n) is 6.87. The van der Waals surface area contributed by atoms with E-state index in [0.29, 0.717) is 19.1 Å². The molecule has 2 rings (SSSR count). The van der Waals surface area contributed by atoms with Crippen molar-refractivity contribution < 1.29 is 9.59 Å². The standard InChI is InChI=1S/C13H23N3O2/c1-10(17)15-6-7-16(12-4-2-3-5-12)9-11(8-15)13(14)18/h11-12H,2-9H2,1H3,(H2,14,18). The Labute approximate surface area is 108 Å². The van der Waals surface area contributed by atoms with Crippen LogP contribution in [0.15, 0.2) is 0 Å². The van der Waals surface area contributed by atoms with Crippen molar-refractivity contribution in [2.24, 2.45) is 11.7 Å². The molecule has 0 aromatic rings. The van der Waals surface area contributed by atoms with Crippen molar-refractivity contribution in [2.45, 2.75) is 38.6 Å². The largest absolute Gasteiger partial charge is 0.369 e. The van der Waals surface area contributed by atoms with Gasteiger partial charge in [0.2, 0.25) is 11.8 Å². The van der Waals surface area contributed by atoms with Gasteiger partial charge in [0, 0.05) is 39.1 Å². The molecule has 2 N–H and O–H groups in total. The van der Waals surface area contributed by atoms with Crippen LogP contribution < -0.4 is 5.73 Å². The summed E-state index contributed by atoms with van der Waals surface area (Å²) in [7, 11) is 0. The van der Waals surface area contributed by atoms with Crippen LogP contribution in [-0.4, -0.2) is 53.8 Å². The van der Waals surface area contributed by atoms with E-state index in [0.717, 1.165) is 13.1 Å². The number of rotatable bonds is 2. The Morgan fingerprint density at radius 3 is 2.33 bits per heavy atom. The maximum atomic E-state index is 11.5. The van der Waals surface area contributed by atoms with Crippen LogP contribution in [-0.2, 0) is 9.59 Å². The quantitative estimate of drug-likeness (QED) is 0.764. The topological polar surface area (TPSA) is 66.6 Å². The molecule has 1 saturated carbocycles. The van der Waals surface area contributed by atoms with Crippen molar-refractivity contribution in [3.05, 3.63) is 0 Å². The monoisotopic (exact) mass is 253 g/mol. The highest BCUT2D eigenvalue weighted by molar-refractivity contribution is 5.79. The molecule has 1 saturated heterocycles. The predicted octanol–water partition coefficient (Wildman–Crippen LogP) is 0.195. The third-order valence-corrected chi connectivity index (χ3v) is 4.24. The van der Waals surface area contributed by atoms with E-state index in [1.54, 1.807) is 11.8 Å². The molecule has 5 nitrogen and oxygen atoms in total. The summed E-state index contributed by atoms with van der Waals surface area (Å²) in [5.41, 5.74) is 5.46. The number of nitrogens with two attached hydrogens (primary N) is 1. The molecule has 1 unspecified atom stereocenters. The van der Waals surface area contributed by atoms with Gasteiger partial charge in [-0.05, 0) is 12.8 Å². The first-order chi connectivity index (χ1) is 8.58. The zero-order valence-corrected chi connectivity index (χ0v) is 11.1. The van der Waals surface area contributed by atoms with Crippen LogP contribution in [0.4, 0.5) is 0 Å². The molecule has 2 aliphatic rings. The summed E-state index contributed by atoms with van der Waals surface area (Å²) in [5, 5.41) is 0. The SMILES string of the molecule is CC(=O)N1CCN(C2CCCC2)CC(C(N)=O)C1. The molecule has 0 aromatic heterocycles. The van der Waals surface area contributed by atoms with Crippen LogP contribution in [0.5, 0.6) is 0 Å². The molecule has 0 aromatic carbocycles. The fourth-order valence-corrected chi connectivity index (χ4v) is 3.11. The van der Waals surface area contributed by atoms with Gasteiger partial charge in [-0.25, -0.2) is 0 Å². The number of carbonyl (C=O) groups excluding carboxylic acids is 2. The molecule has 2 fully saturated rings. The van der Waals surface area contributed by atoms with Crippen LogP contribution in [0.2, 0.25) is 0 Å². The number of amides is 2. The first kappa shape index (κ1) is 13.3. The molecule has 18 heavy (non-hydrogen) atoms. The third-order valence-electron chi connectivity index (χ3n) is 4.24. The molecule has 1 aliphatic carbocycles. The molecule has 2 amide bonds. The lowest BCUT2D eigenvalue weighted by molar-refractivity contribution is -0.130. The lowest BCUT2D eigenvalue weighted by atomic mass is 10.1. The van der Waals surface area contributed by atoms with Crippen LogP contribution in [0.3, 0.4) is 0 Å². The average molecular weight is 253 g/mol. The van der Waals surface area contributed by atoms with E-state index in [2.05, 4.69) is 4.90 Å². The fraction of sp³-hybridized carbons (Fsp3) is 0.846. The second-order valence-electron chi connectivity index (χ2n) is 5.50. The Morgan fingerprint density at radius 1 is 1.11 bits per heavy atom. The lowest BCUT2D eigenvalue weighted by Gasteiger charge is -2.28. The summed E-state index contributed by atoms with van der Waals surface area (Å²) in [4.78, 5) is 27.1. The second-order valence-corrected chi connectivity index (χ2v) is 5.50. The summed E-state index contributed by atoms with van der Waals surface area (Å²) >= 11 is 0. The fourth-order valence-electron chi connectivity index (χ4n) is 3.11. The van der Waals surface area contributed by atoms with Crippen LogP contribution in [0.25, 0.3) is 0 Å². The van der Waals surface area contributed by atoms with Gasteiger partial charge in [-0.3, -0.25) is 14.5 Å². The summed E-state index contributed by atoms with van der Waals surface area (Å²) in [5.74, 6) is -0.474. The Hall–Kier alpha value is -1.10. The highest BCUT2D eigenvalue weighted by atomic mass is 16.2. The van der Waals surface area contributed by atoms with Crippen molar-refractivity contribution in [1.82, 2.24) is 9.80 Å². The Balaban J connectivity index is 2.05. The zero-order chi connectivity index (χ0) is 13.1. The normalized spacial score (nSPS) is 27.2. The van der Waals surface area contributed by atoms with E-state index < -0.39 is 0 Å². The van der Waals surface area contributed by atoms with Gasteiger partial charge in [-0.1, -0.05) is 12.8 Å². The molecule has 102 valence electrons. The van der Waals surface area contributed by atoms with Gasteiger partial charge in [0.05, 0.1) is 5.92 Å². The minimum Gasteiger partial charge on any atom is -0.369 e. The van der Waals surface area contributed by atoms with Gasteiger partial charge in [0.25, 0.3) is 0 Å². The van der Waals surface area contributed by atoms with E-state index >= 15 is 0 Å². The van der Waals surface area contributed by atoms with Gasteiger partial charge < -0.3 is 10.6 Å². The number of nitrogens with zero attached hydrogens (tertiary/aromatic N) is 2. The van der Waals surface area contributed by atoms with Gasteiger partial charge in [-0.2, -0.15) is 0 Å². The number of carbonyl (C=O) groups is 2. The molecular formula is C13H23N3O2. The highest BCUT2D eigenvalue weighted by Gasteiger charge is 2.31. The second kappa shape index (κ2) is 5.69. The minimum absolute atomic E-state index is 0.0366. The van der Waals surface area contributed by atoms with Gasteiger partial charge in [0.1, 0.15) is 0 Å². The van der Waals surface area contributed by atoms with Crippen molar-refractivity contribution in [1.29, 1.82) is 0 Å². The summed E-state index contributed by atoms with van der Waals surface area (Å²) < 4.78 is 0. The average Bonchev–Trinajstić information content (AvgIpc) is 2.74. The Bertz CT molecular complexity index is 326. The molecule has 5 heteroatoms. The zero-order valence-electron chi connectivity index (χ0n) is 11.1. The summed E-state index contributed by atoms with van der Waals surface area (Å²) in [6.45, 7) is 4.34. The van der Waals surface area contributed by atoms with Crippen molar-refractivity contribution in [2.75, 3.05) is 26.2 Å². The minimum atomic E-state index is -0.286. The molecule has 1 heterocycles. The van der Waals surface area contributed by atoms with E-state index in [1.165, 1.54) is 25.7 Å². The van der Waals surface area contributed by atoms with E-state index in [1.807, 2.05) is 0 Å². The van der Waals surface area contributed by atoms with Crippen LogP contribution in [0, 0.1) is 5.92 Å². The van der Waals surface area contributed by atoms with Crippen molar-refractivity contribution in [3.63, 3.8) is 0 Å². The van der Waals surface area contributed by atoms with Gasteiger partial charge >= 0.3 is 0 Å². The summed E-state index contributed by atoms with van der Waals surface area (Å²) in [6, 6.07) is 0.582. The summed E-state index contributed by atoms with van der Waals surface area (Å²) in [6.07, 6.45) is 4.98. The first-order valence-corrected chi connectivity index (χ1v) is 6.87. The smallest absolute Gasteiger partial charge is 0.223 e. The van der Waals surface area contributed by atoms with E-state index in [-0.39, 0.29) is 17.7 Å². The van der Waals surface area contributed by atoms with Crippen molar-refractivity contribution in [3.8, 4) is 0 Å². The molecule has 0 radical (unpaired) electrons. The lowest BCUT2D eigenvalue weighted by Crippen LogP contribution is -2.41. The molecular weight excluding hydrogens is 230 g/mol. The van der Waals surface area contributed by atoms with E-state index in [4.69, 9.17) is 5.73 Å². The third kappa shape index (κ3) is 3.02. The molecule has 1 aliphatic heterocycles. The maximum Gasteiger partial charge on any atom is 0.223 e. The number of primary amides is 1. The van der Waals surface area contributed by atoms with Gasteiger partial charge in [0.15, 0.2) is 0 Å². The molecule has 0 bridgehead atoms. The molecule has 1 atom stereocenters. The number of hydrogen-bond donors (Lipinski definition) is 1. The Kier molecular flexibility index (Phi) is 4.22. The molecule has 0 spiro atoms. The maximum absolute atomic E-state index is 11.5. The predicted molar refractivity (Wildman–Crippen MR) is 68.8 cm³/mol. The number of hydrogen-bond acceptors (Lipinski definition) is 3. The van der Waals surface area contributed by atoms with Crippen molar-refractivity contribution >= 4 is 11.8 Å². The van der Waals surface area contributed by atoms with Gasteiger partial charge in [-0.15, -0.1) is 0 Å². The van der Waals surface area contributed by atoms with Crippen LogP contribution in [0.1, 0.15) is 32.6 Å². The Morgan fingerprint density at radius 2 is 1.78 bits per heavy atom. The highest BCUT2D eigenvalue weighted by Crippen LogP contribution is 2.25.